The third-order valence-corrected chi connectivity index (χ3v) is 4.28. The number of anilines is 1. The summed E-state index contributed by atoms with van der Waals surface area (Å²) in [6.07, 6.45) is 0. The lowest BCUT2D eigenvalue weighted by Crippen LogP contribution is -2.16. The summed E-state index contributed by atoms with van der Waals surface area (Å²) in [5.74, 6) is 0.00392. The molecule has 3 aromatic heterocycles. The summed E-state index contributed by atoms with van der Waals surface area (Å²) in [6.45, 7) is 0. The van der Waals surface area contributed by atoms with E-state index in [0.717, 1.165) is 16.8 Å². The molecule has 0 aliphatic rings. The van der Waals surface area contributed by atoms with Gasteiger partial charge < -0.3 is 4.42 Å². The second kappa shape index (κ2) is 6.33. The van der Waals surface area contributed by atoms with Crippen LogP contribution in [0, 0.1) is 0 Å². The fourth-order valence-electron chi connectivity index (χ4n) is 2.37. The minimum Gasteiger partial charge on any atom is -0.403 e. The third-order valence-electron chi connectivity index (χ3n) is 3.60. The number of hydrogen-bond acceptors (Lipinski definition) is 6. The van der Waals surface area contributed by atoms with Gasteiger partial charge in [0.05, 0.1) is 5.69 Å². The largest absolute Gasteiger partial charge is 0.403 e. The van der Waals surface area contributed by atoms with Gasteiger partial charge >= 0.3 is 6.01 Å². The summed E-state index contributed by atoms with van der Waals surface area (Å²) >= 11 is 1.53. The van der Waals surface area contributed by atoms with Gasteiger partial charge in [0.25, 0.3) is 11.8 Å². The highest BCUT2D eigenvalue weighted by Gasteiger charge is 2.17. The number of aromatic nitrogens is 4. The standard InChI is InChI=1S/C17H13N5O2S/c1-22-14(9-13(21-22)11-5-3-2-4-6-11)15(23)18-17-20-19-16(24-17)12-7-8-25-10-12/h2-10H,1H3,(H,18,20,23). The molecule has 0 atom stereocenters. The van der Waals surface area contributed by atoms with Crippen molar-refractivity contribution >= 4 is 23.3 Å². The molecular formula is C17H13N5O2S. The first kappa shape index (κ1) is 15.3. The maximum Gasteiger partial charge on any atom is 0.322 e. The van der Waals surface area contributed by atoms with Crippen LogP contribution in [0.4, 0.5) is 6.01 Å². The molecule has 0 aliphatic carbocycles. The molecule has 4 rings (SSSR count). The monoisotopic (exact) mass is 351 g/mol. The normalized spacial score (nSPS) is 10.8. The van der Waals surface area contributed by atoms with Crippen molar-refractivity contribution in [1.82, 2.24) is 20.0 Å². The van der Waals surface area contributed by atoms with Gasteiger partial charge in [-0.1, -0.05) is 35.4 Å². The Balaban J connectivity index is 1.55. The molecule has 124 valence electrons. The van der Waals surface area contributed by atoms with Crippen LogP contribution in [0.1, 0.15) is 10.5 Å². The number of thiophene rings is 1. The molecule has 3 heterocycles. The maximum atomic E-state index is 12.5. The zero-order chi connectivity index (χ0) is 17.2. The third kappa shape index (κ3) is 3.07. The number of aryl methyl sites for hydroxylation is 1. The first-order valence-corrected chi connectivity index (χ1v) is 8.42. The second-order valence-electron chi connectivity index (χ2n) is 5.28. The number of rotatable bonds is 4. The van der Waals surface area contributed by atoms with E-state index < -0.39 is 0 Å². The van der Waals surface area contributed by atoms with E-state index in [4.69, 9.17) is 4.42 Å². The highest BCUT2D eigenvalue weighted by molar-refractivity contribution is 7.08. The smallest absolute Gasteiger partial charge is 0.322 e. The van der Waals surface area contributed by atoms with Crippen molar-refractivity contribution in [2.75, 3.05) is 5.32 Å². The minimum absolute atomic E-state index is 0.0497. The van der Waals surface area contributed by atoms with Crippen LogP contribution in [-0.2, 0) is 7.05 Å². The zero-order valence-corrected chi connectivity index (χ0v) is 14.0. The number of hydrogen-bond donors (Lipinski definition) is 1. The minimum atomic E-state index is -0.363. The molecule has 0 bridgehead atoms. The summed E-state index contributed by atoms with van der Waals surface area (Å²) < 4.78 is 7.00. The molecule has 0 aliphatic heterocycles. The predicted octanol–water partition coefficient (Wildman–Crippen LogP) is 3.45. The van der Waals surface area contributed by atoms with E-state index in [0.29, 0.717) is 11.6 Å². The average molecular weight is 351 g/mol. The molecule has 0 saturated heterocycles. The lowest BCUT2D eigenvalue weighted by molar-refractivity contribution is 0.101. The van der Waals surface area contributed by atoms with Crippen molar-refractivity contribution in [3.8, 4) is 22.7 Å². The highest BCUT2D eigenvalue weighted by Crippen LogP contribution is 2.23. The molecule has 1 N–H and O–H groups in total. The summed E-state index contributed by atoms with van der Waals surface area (Å²) in [5, 5.41) is 18.6. The van der Waals surface area contributed by atoms with Crippen molar-refractivity contribution in [2.45, 2.75) is 0 Å². The molecule has 8 heteroatoms. The predicted molar refractivity (Wildman–Crippen MR) is 94.2 cm³/mol. The number of nitrogens with one attached hydrogen (secondary N) is 1. The van der Waals surface area contributed by atoms with Gasteiger partial charge in [-0.25, -0.2) is 0 Å². The van der Waals surface area contributed by atoms with Gasteiger partial charge in [-0.05, 0) is 17.5 Å². The van der Waals surface area contributed by atoms with E-state index in [-0.39, 0.29) is 11.9 Å². The maximum absolute atomic E-state index is 12.5. The van der Waals surface area contributed by atoms with Crippen LogP contribution in [0.25, 0.3) is 22.7 Å². The van der Waals surface area contributed by atoms with Crippen LogP contribution in [0.3, 0.4) is 0 Å². The Labute approximate surface area is 146 Å². The fraction of sp³-hybridized carbons (Fsp3) is 0.0588. The number of carbonyl (C=O) groups is 1. The van der Waals surface area contributed by atoms with Crippen LogP contribution >= 0.6 is 11.3 Å². The topological polar surface area (TPSA) is 85.8 Å². The molecule has 7 nitrogen and oxygen atoms in total. The van der Waals surface area contributed by atoms with Crippen LogP contribution in [0.2, 0.25) is 0 Å². The Morgan fingerprint density at radius 1 is 1.16 bits per heavy atom. The second-order valence-corrected chi connectivity index (χ2v) is 6.06. The van der Waals surface area contributed by atoms with E-state index in [1.807, 2.05) is 47.2 Å². The zero-order valence-electron chi connectivity index (χ0n) is 13.2. The molecule has 1 aromatic carbocycles. The lowest BCUT2D eigenvalue weighted by Gasteiger charge is -1.99. The van der Waals surface area contributed by atoms with Crippen molar-refractivity contribution in [1.29, 1.82) is 0 Å². The van der Waals surface area contributed by atoms with E-state index in [1.54, 1.807) is 13.1 Å². The number of carbonyl (C=O) groups excluding carboxylic acids is 1. The number of benzene rings is 1. The summed E-state index contributed by atoms with van der Waals surface area (Å²) in [4.78, 5) is 12.5. The first-order valence-electron chi connectivity index (χ1n) is 7.47. The summed E-state index contributed by atoms with van der Waals surface area (Å²) in [6, 6.07) is 13.3. The van der Waals surface area contributed by atoms with Gasteiger partial charge in [-0.3, -0.25) is 14.8 Å². The van der Waals surface area contributed by atoms with Crippen LogP contribution in [-0.4, -0.2) is 25.9 Å². The van der Waals surface area contributed by atoms with Gasteiger partial charge in [0.1, 0.15) is 5.69 Å². The van der Waals surface area contributed by atoms with E-state index in [1.165, 1.54) is 16.0 Å². The average Bonchev–Trinajstić information content (AvgIpc) is 3.35. The first-order chi connectivity index (χ1) is 12.2. The quantitative estimate of drug-likeness (QED) is 0.608. The van der Waals surface area contributed by atoms with Crippen molar-refractivity contribution < 1.29 is 9.21 Å². The summed E-state index contributed by atoms with van der Waals surface area (Å²) in [7, 11) is 1.71. The van der Waals surface area contributed by atoms with Crippen molar-refractivity contribution in [3.05, 3.63) is 58.9 Å². The van der Waals surface area contributed by atoms with Crippen LogP contribution < -0.4 is 5.32 Å². The SMILES string of the molecule is Cn1nc(-c2ccccc2)cc1C(=O)Nc1nnc(-c2ccsc2)o1. The Bertz CT molecular complexity index is 1010. The van der Waals surface area contributed by atoms with Gasteiger partial charge in [0.15, 0.2) is 0 Å². The van der Waals surface area contributed by atoms with Crippen molar-refractivity contribution in [2.24, 2.45) is 7.05 Å². The molecule has 0 fully saturated rings. The molecule has 0 unspecified atom stereocenters. The molecule has 4 aromatic rings. The number of nitrogens with zero attached hydrogens (tertiary/aromatic N) is 4. The number of amides is 1. The molecule has 25 heavy (non-hydrogen) atoms. The van der Waals surface area contributed by atoms with Gasteiger partial charge in [0.2, 0.25) is 0 Å². The summed E-state index contributed by atoms with van der Waals surface area (Å²) in [5.41, 5.74) is 2.88. The van der Waals surface area contributed by atoms with E-state index >= 15 is 0 Å². The van der Waals surface area contributed by atoms with Gasteiger partial charge in [-0.2, -0.15) is 16.4 Å². The molecule has 0 saturated carbocycles. The van der Waals surface area contributed by atoms with Crippen LogP contribution in [0.15, 0.2) is 57.6 Å². The Hall–Kier alpha value is -3.26. The molecule has 1 amide bonds. The molecular weight excluding hydrogens is 338 g/mol. The van der Waals surface area contributed by atoms with Crippen LogP contribution in [0.5, 0.6) is 0 Å². The van der Waals surface area contributed by atoms with Gasteiger partial charge in [0, 0.05) is 23.6 Å². The molecule has 0 radical (unpaired) electrons. The Morgan fingerprint density at radius 3 is 2.76 bits per heavy atom. The fourth-order valence-corrected chi connectivity index (χ4v) is 3.00. The van der Waals surface area contributed by atoms with E-state index in [2.05, 4.69) is 20.6 Å². The van der Waals surface area contributed by atoms with Crippen molar-refractivity contribution in [3.63, 3.8) is 0 Å². The van der Waals surface area contributed by atoms with Gasteiger partial charge in [-0.15, -0.1) is 5.10 Å². The molecule has 0 spiro atoms. The lowest BCUT2D eigenvalue weighted by atomic mass is 10.1. The highest BCUT2D eigenvalue weighted by atomic mass is 32.1. The Morgan fingerprint density at radius 2 is 2.00 bits per heavy atom. The Kier molecular flexibility index (Phi) is 3.87. The van der Waals surface area contributed by atoms with E-state index in [9.17, 15) is 4.79 Å².